The molecule has 2 amide bonds. The number of carbonyl (C=O) groups is 2. The first-order valence-electron chi connectivity index (χ1n) is 5.75. The summed E-state index contributed by atoms with van der Waals surface area (Å²) < 4.78 is 5.13. The van der Waals surface area contributed by atoms with Crippen LogP contribution >= 0.6 is 0 Å². The minimum atomic E-state index is -0.854. The van der Waals surface area contributed by atoms with Gasteiger partial charge in [-0.2, -0.15) is 0 Å². The van der Waals surface area contributed by atoms with E-state index in [2.05, 4.69) is 5.32 Å². The molecule has 0 radical (unpaired) electrons. The van der Waals surface area contributed by atoms with Gasteiger partial charge < -0.3 is 19.7 Å². The predicted octanol–water partition coefficient (Wildman–Crippen LogP) is 1.53. The van der Waals surface area contributed by atoms with Crippen LogP contribution in [0.4, 0.5) is 4.79 Å². The zero-order valence-corrected chi connectivity index (χ0v) is 10.5. The van der Waals surface area contributed by atoms with Crippen LogP contribution in [0, 0.1) is 5.92 Å². The maximum Gasteiger partial charge on any atom is 0.317 e. The highest BCUT2D eigenvalue weighted by Gasteiger charge is 2.13. The molecule has 0 saturated carbocycles. The molecule has 0 aromatic carbocycles. The largest absolute Gasteiger partial charge is 0.481 e. The van der Waals surface area contributed by atoms with Gasteiger partial charge in [-0.15, -0.1) is 0 Å². The lowest BCUT2D eigenvalue weighted by atomic mass is 10.1. The third-order valence-electron chi connectivity index (χ3n) is 2.59. The highest BCUT2D eigenvalue weighted by molar-refractivity contribution is 5.74. The summed E-state index contributed by atoms with van der Waals surface area (Å²) >= 11 is 0. The van der Waals surface area contributed by atoms with Gasteiger partial charge in [-0.05, 0) is 18.6 Å². The molecule has 0 spiro atoms. The predicted molar refractivity (Wildman–Crippen MR) is 65.0 cm³/mol. The van der Waals surface area contributed by atoms with Crippen LogP contribution in [0.2, 0.25) is 0 Å². The van der Waals surface area contributed by atoms with Crippen molar-refractivity contribution in [3.05, 3.63) is 24.2 Å². The van der Waals surface area contributed by atoms with Crippen molar-refractivity contribution in [2.45, 2.75) is 19.9 Å². The molecule has 2 N–H and O–H groups in total. The summed E-state index contributed by atoms with van der Waals surface area (Å²) in [5, 5.41) is 11.4. The first-order valence-corrected chi connectivity index (χ1v) is 5.75. The van der Waals surface area contributed by atoms with Crippen molar-refractivity contribution in [3.8, 4) is 0 Å². The third kappa shape index (κ3) is 4.48. The number of carboxylic acids is 1. The summed E-state index contributed by atoms with van der Waals surface area (Å²) in [5.74, 6) is -0.611. The molecular formula is C12H18N2O4. The molecule has 1 atom stereocenters. The third-order valence-corrected chi connectivity index (χ3v) is 2.59. The summed E-state index contributed by atoms with van der Waals surface area (Å²) in [4.78, 5) is 23.7. The zero-order valence-electron chi connectivity index (χ0n) is 10.5. The van der Waals surface area contributed by atoms with Crippen molar-refractivity contribution >= 4 is 12.0 Å². The van der Waals surface area contributed by atoms with Gasteiger partial charge in [-0.1, -0.05) is 6.92 Å². The van der Waals surface area contributed by atoms with E-state index < -0.39 is 11.9 Å². The van der Waals surface area contributed by atoms with E-state index in [9.17, 15) is 9.59 Å². The van der Waals surface area contributed by atoms with Gasteiger partial charge in [-0.25, -0.2) is 4.79 Å². The number of nitrogens with zero attached hydrogens (tertiary/aromatic N) is 1. The van der Waals surface area contributed by atoms with E-state index in [1.54, 1.807) is 32.4 Å². The molecule has 6 nitrogen and oxygen atoms in total. The highest BCUT2D eigenvalue weighted by atomic mass is 16.4. The van der Waals surface area contributed by atoms with Crippen LogP contribution in [0.25, 0.3) is 0 Å². The molecule has 0 aliphatic carbocycles. The average molecular weight is 254 g/mol. The van der Waals surface area contributed by atoms with Crippen LogP contribution in [0.3, 0.4) is 0 Å². The molecule has 18 heavy (non-hydrogen) atoms. The highest BCUT2D eigenvalue weighted by Crippen LogP contribution is 2.04. The molecule has 0 fully saturated rings. The number of aliphatic carboxylic acids is 1. The Hall–Kier alpha value is -1.98. The van der Waals surface area contributed by atoms with Gasteiger partial charge in [0, 0.05) is 13.6 Å². The first-order chi connectivity index (χ1) is 8.50. The van der Waals surface area contributed by atoms with Gasteiger partial charge in [-0.3, -0.25) is 4.79 Å². The van der Waals surface area contributed by atoms with Crippen LogP contribution < -0.4 is 5.32 Å². The summed E-state index contributed by atoms with van der Waals surface area (Å²) in [7, 11) is 1.65. The van der Waals surface area contributed by atoms with Crippen LogP contribution in [-0.4, -0.2) is 35.6 Å². The normalized spacial score (nSPS) is 11.9. The lowest BCUT2D eigenvalue weighted by Gasteiger charge is -2.17. The Morgan fingerprint density at radius 2 is 2.28 bits per heavy atom. The van der Waals surface area contributed by atoms with Gasteiger partial charge in [0.1, 0.15) is 5.76 Å². The van der Waals surface area contributed by atoms with E-state index in [1.165, 1.54) is 4.90 Å². The fourth-order valence-corrected chi connectivity index (χ4v) is 1.36. The number of rotatable bonds is 6. The molecule has 0 bridgehead atoms. The molecule has 1 rings (SSSR count). The van der Waals surface area contributed by atoms with Crippen molar-refractivity contribution < 1.29 is 19.1 Å². The van der Waals surface area contributed by atoms with E-state index >= 15 is 0 Å². The lowest BCUT2D eigenvalue weighted by molar-refractivity contribution is -0.141. The maximum atomic E-state index is 11.6. The van der Waals surface area contributed by atoms with Gasteiger partial charge in [0.25, 0.3) is 0 Å². The quantitative estimate of drug-likeness (QED) is 0.806. The number of carboxylic acid groups (broad SMARTS) is 1. The number of carbonyl (C=O) groups excluding carboxylic acids is 1. The average Bonchev–Trinajstić information content (AvgIpc) is 2.81. The number of nitrogens with one attached hydrogen (secondary N) is 1. The van der Waals surface area contributed by atoms with Gasteiger partial charge in [0.15, 0.2) is 0 Å². The molecule has 1 aromatic rings. The fourth-order valence-electron chi connectivity index (χ4n) is 1.36. The molecule has 1 aromatic heterocycles. The molecule has 1 unspecified atom stereocenters. The smallest absolute Gasteiger partial charge is 0.317 e. The Kier molecular flexibility index (Phi) is 5.23. The maximum absolute atomic E-state index is 11.6. The molecule has 100 valence electrons. The Morgan fingerprint density at radius 1 is 1.56 bits per heavy atom. The summed E-state index contributed by atoms with van der Waals surface area (Å²) in [5.41, 5.74) is 0. The minimum Gasteiger partial charge on any atom is -0.481 e. The summed E-state index contributed by atoms with van der Waals surface area (Å²) in [6.07, 6.45) is 1.96. The SMILES string of the molecule is CC(CCNC(=O)N(C)Cc1ccco1)C(=O)O. The Morgan fingerprint density at radius 3 is 2.83 bits per heavy atom. The number of hydrogen-bond acceptors (Lipinski definition) is 3. The van der Waals surface area contributed by atoms with Crippen LogP contribution in [0.1, 0.15) is 19.1 Å². The van der Waals surface area contributed by atoms with Gasteiger partial charge >= 0.3 is 12.0 Å². The van der Waals surface area contributed by atoms with Crippen molar-refractivity contribution in [2.75, 3.05) is 13.6 Å². The van der Waals surface area contributed by atoms with Gasteiger partial charge in [0.05, 0.1) is 18.7 Å². The lowest BCUT2D eigenvalue weighted by Crippen LogP contribution is -2.37. The second-order valence-corrected chi connectivity index (χ2v) is 4.20. The standard InChI is InChI=1S/C12H18N2O4/c1-9(11(15)16)5-6-13-12(17)14(2)8-10-4-3-7-18-10/h3-4,7,9H,5-6,8H2,1-2H3,(H,13,17)(H,15,16). The van der Waals surface area contributed by atoms with E-state index in [1.807, 2.05) is 0 Å². The van der Waals surface area contributed by atoms with Crippen molar-refractivity contribution in [2.24, 2.45) is 5.92 Å². The van der Waals surface area contributed by atoms with Crippen LogP contribution in [0.15, 0.2) is 22.8 Å². The van der Waals surface area contributed by atoms with E-state index in [0.717, 1.165) is 0 Å². The second-order valence-electron chi connectivity index (χ2n) is 4.20. The molecule has 6 heteroatoms. The van der Waals surface area contributed by atoms with Crippen LogP contribution in [0.5, 0.6) is 0 Å². The molecule has 0 aliphatic rings. The molecule has 1 heterocycles. The number of hydrogen-bond donors (Lipinski definition) is 2. The van der Waals surface area contributed by atoms with E-state index in [0.29, 0.717) is 25.3 Å². The van der Waals surface area contributed by atoms with Gasteiger partial charge in [0.2, 0.25) is 0 Å². The Labute approximate surface area is 106 Å². The topological polar surface area (TPSA) is 82.8 Å². The summed E-state index contributed by atoms with van der Waals surface area (Å²) in [6, 6.07) is 3.30. The van der Waals surface area contributed by atoms with Crippen molar-refractivity contribution in [1.29, 1.82) is 0 Å². The van der Waals surface area contributed by atoms with Crippen molar-refractivity contribution in [3.63, 3.8) is 0 Å². The summed E-state index contributed by atoms with van der Waals surface area (Å²) in [6.45, 7) is 2.34. The molecular weight excluding hydrogens is 236 g/mol. The zero-order chi connectivity index (χ0) is 13.5. The second kappa shape index (κ2) is 6.68. The van der Waals surface area contributed by atoms with Crippen LogP contribution in [-0.2, 0) is 11.3 Å². The molecule has 0 aliphatic heterocycles. The first kappa shape index (κ1) is 14.1. The monoisotopic (exact) mass is 254 g/mol. The van der Waals surface area contributed by atoms with E-state index in [4.69, 9.17) is 9.52 Å². The molecule has 0 saturated heterocycles. The number of furan rings is 1. The van der Waals surface area contributed by atoms with Crippen molar-refractivity contribution in [1.82, 2.24) is 10.2 Å². The van der Waals surface area contributed by atoms with E-state index in [-0.39, 0.29) is 6.03 Å². The number of urea groups is 1. The fraction of sp³-hybridized carbons (Fsp3) is 0.500. The number of amides is 2. The minimum absolute atomic E-state index is 0.246. The Balaban J connectivity index is 2.26. The Bertz CT molecular complexity index is 389.